The Morgan fingerprint density at radius 2 is 1.92 bits per heavy atom. The first-order valence-electron chi connectivity index (χ1n) is 8.55. The molecule has 0 atom stereocenters. The summed E-state index contributed by atoms with van der Waals surface area (Å²) in [6, 6.07) is 6.60. The molecule has 2 heterocycles. The van der Waals surface area contributed by atoms with Gasteiger partial charge in [-0.25, -0.2) is 4.79 Å². The maximum atomic E-state index is 12.3. The molecule has 4 rings (SSSR count). The van der Waals surface area contributed by atoms with Gasteiger partial charge in [0.2, 0.25) is 0 Å². The van der Waals surface area contributed by atoms with Crippen LogP contribution in [0.4, 0.5) is 0 Å². The molecule has 0 fully saturated rings. The second-order valence-corrected chi connectivity index (χ2v) is 6.53. The molecule has 0 saturated carbocycles. The van der Waals surface area contributed by atoms with Gasteiger partial charge in [-0.3, -0.25) is 0 Å². The van der Waals surface area contributed by atoms with Crippen LogP contribution < -0.4 is 15.5 Å². The van der Waals surface area contributed by atoms with Crippen LogP contribution in [0.5, 0.6) is 5.75 Å². The average molecular weight is 353 g/mol. The first-order valence-corrected chi connectivity index (χ1v) is 8.55. The van der Waals surface area contributed by atoms with Crippen LogP contribution in [0.2, 0.25) is 0 Å². The molecule has 1 aliphatic rings. The van der Waals surface area contributed by atoms with Gasteiger partial charge in [-0.15, -0.1) is 0 Å². The Balaban J connectivity index is 1.76. The smallest absolute Gasteiger partial charge is 0.339 e. The molecule has 0 radical (unpaired) electrons. The minimum Gasteiger partial charge on any atom is -0.542 e. The lowest BCUT2D eigenvalue weighted by molar-refractivity contribution is -0.257. The number of carboxylic acids is 1. The Kier molecular flexibility index (Phi) is 4.03. The van der Waals surface area contributed by atoms with Crippen LogP contribution in [0.1, 0.15) is 45.8 Å². The quantitative estimate of drug-likeness (QED) is 0.669. The van der Waals surface area contributed by atoms with Crippen LogP contribution in [0, 0.1) is 6.92 Å². The van der Waals surface area contributed by atoms with Gasteiger partial charge < -0.3 is 23.5 Å². The third-order valence-electron chi connectivity index (χ3n) is 4.66. The van der Waals surface area contributed by atoms with Gasteiger partial charge >= 0.3 is 5.63 Å². The number of ether oxygens (including phenoxy) is 1. The average Bonchev–Trinajstić information content (AvgIpc) is 3.09. The highest BCUT2D eigenvalue weighted by atomic mass is 16.5. The number of furan rings is 1. The Morgan fingerprint density at radius 3 is 2.65 bits per heavy atom. The topological polar surface area (TPSA) is 92.7 Å². The number of hydrogen-bond donors (Lipinski definition) is 0. The van der Waals surface area contributed by atoms with Crippen LogP contribution in [-0.4, -0.2) is 5.97 Å². The molecule has 1 aromatic carbocycles. The molecular weight excluding hydrogens is 336 g/mol. The number of carboxylic acid groups (broad SMARTS) is 1. The number of aromatic carboxylic acids is 1. The summed E-state index contributed by atoms with van der Waals surface area (Å²) in [5, 5.41) is 11.6. The van der Waals surface area contributed by atoms with E-state index in [0.717, 1.165) is 41.3 Å². The van der Waals surface area contributed by atoms with Gasteiger partial charge in [0, 0.05) is 5.56 Å². The Labute approximate surface area is 149 Å². The number of carbonyl (C=O) groups is 1. The summed E-state index contributed by atoms with van der Waals surface area (Å²) < 4.78 is 16.6. The second kappa shape index (κ2) is 6.37. The zero-order chi connectivity index (χ0) is 18.3. The van der Waals surface area contributed by atoms with E-state index in [9.17, 15) is 14.7 Å². The normalized spacial score (nSPS) is 13.6. The molecular formula is C20H17O6-. The Morgan fingerprint density at radius 1 is 1.15 bits per heavy atom. The Bertz CT molecular complexity index is 1060. The van der Waals surface area contributed by atoms with E-state index in [-0.39, 0.29) is 18.0 Å². The predicted molar refractivity (Wildman–Crippen MR) is 91.2 cm³/mol. The number of hydrogen-bond acceptors (Lipinski definition) is 6. The summed E-state index contributed by atoms with van der Waals surface area (Å²) in [7, 11) is 0. The highest BCUT2D eigenvalue weighted by molar-refractivity contribution is 5.88. The summed E-state index contributed by atoms with van der Waals surface area (Å²) in [5.74, 6) is -0.618. The molecule has 0 amide bonds. The monoisotopic (exact) mass is 353 g/mol. The molecule has 26 heavy (non-hydrogen) atoms. The van der Waals surface area contributed by atoms with Crippen molar-refractivity contribution >= 4 is 16.9 Å². The number of benzene rings is 1. The van der Waals surface area contributed by atoms with E-state index in [0.29, 0.717) is 23.5 Å². The van der Waals surface area contributed by atoms with E-state index < -0.39 is 5.97 Å². The molecule has 0 bridgehead atoms. The molecule has 0 spiro atoms. The van der Waals surface area contributed by atoms with Crippen LogP contribution in [0.3, 0.4) is 0 Å². The van der Waals surface area contributed by atoms with Gasteiger partial charge in [0.05, 0.1) is 5.39 Å². The van der Waals surface area contributed by atoms with Crippen molar-refractivity contribution in [2.24, 2.45) is 0 Å². The van der Waals surface area contributed by atoms with Crippen LogP contribution in [-0.2, 0) is 19.4 Å². The largest absolute Gasteiger partial charge is 0.542 e. The van der Waals surface area contributed by atoms with E-state index in [1.807, 2.05) is 19.1 Å². The molecule has 0 N–H and O–H groups in total. The zero-order valence-electron chi connectivity index (χ0n) is 14.3. The van der Waals surface area contributed by atoms with Gasteiger partial charge in [0.15, 0.2) is 0 Å². The highest BCUT2D eigenvalue weighted by Crippen LogP contribution is 2.35. The number of rotatable bonds is 4. The zero-order valence-corrected chi connectivity index (χ0v) is 14.3. The van der Waals surface area contributed by atoms with Crippen molar-refractivity contribution in [3.63, 3.8) is 0 Å². The van der Waals surface area contributed by atoms with Gasteiger partial charge in [-0.2, -0.15) is 0 Å². The lowest BCUT2D eigenvalue weighted by Crippen LogP contribution is -2.21. The van der Waals surface area contributed by atoms with Gasteiger partial charge in [0.1, 0.15) is 35.4 Å². The molecule has 6 nitrogen and oxygen atoms in total. The first kappa shape index (κ1) is 16.4. The molecule has 0 aliphatic heterocycles. The maximum Gasteiger partial charge on any atom is 0.339 e. The Hall–Kier alpha value is -3.02. The van der Waals surface area contributed by atoms with Crippen LogP contribution in [0.15, 0.2) is 37.9 Å². The summed E-state index contributed by atoms with van der Waals surface area (Å²) in [4.78, 5) is 23.1. The molecule has 134 valence electrons. The molecule has 6 heteroatoms. The van der Waals surface area contributed by atoms with Crippen molar-refractivity contribution in [2.45, 2.75) is 39.2 Å². The fourth-order valence-electron chi connectivity index (χ4n) is 3.49. The number of carbonyl (C=O) groups excluding carboxylic acids is 1. The summed E-state index contributed by atoms with van der Waals surface area (Å²) in [6.07, 6.45) is 3.52. The van der Waals surface area contributed by atoms with Crippen LogP contribution in [0.25, 0.3) is 11.0 Å². The van der Waals surface area contributed by atoms with Crippen molar-refractivity contribution in [2.75, 3.05) is 0 Å². The fourth-order valence-corrected chi connectivity index (χ4v) is 3.49. The predicted octanol–water partition coefficient (Wildman–Crippen LogP) is 2.52. The SMILES string of the molecule is Cc1cc(OCc2ccc(C(=O)[O-])o2)c2c3c(c(=O)oc2c1)CCCC3. The summed E-state index contributed by atoms with van der Waals surface area (Å²) in [6.45, 7) is 1.96. The summed E-state index contributed by atoms with van der Waals surface area (Å²) >= 11 is 0. The van der Waals surface area contributed by atoms with E-state index >= 15 is 0 Å². The molecule has 2 aromatic heterocycles. The standard InChI is InChI=1S/C20H18O6/c1-11-8-16(24-10-12-6-7-15(25-12)19(21)22)18-13-4-2-3-5-14(13)20(23)26-17(18)9-11/h6-9H,2-5,10H2,1H3,(H,21,22)/p-1. The number of aryl methyl sites for hydroxylation is 2. The van der Waals surface area contributed by atoms with Gasteiger partial charge in [-0.1, -0.05) is 0 Å². The second-order valence-electron chi connectivity index (χ2n) is 6.53. The van der Waals surface area contributed by atoms with Crippen molar-refractivity contribution in [3.8, 4) is 5.75 Å². The van der Waals surface area contributed by atoms with Crippen molar-refractivity contribution in [1.29, 1.82) is 0 Å². The minimum atomic E-state index is -1.37. The van der Waals surface area contributed by atoms with E-state index in [1.54, 1.807) is 6.07 Å². The van der Waals surface area contributed by atoms with Gasteiger partial charge in [-0.05, 0) is 68.0 Å². The van der Waals surface area contributed by atoms with Crippen molar-refractivity contribution in [1.82, 2.24) is 0 Å². The van der Waals surface area contributed by atoms with Crippen molar-refractivity contribution in [3.05, 3.63) is 62.9 Å². The first-order chi connectivity index (χ1) is 12.5. The minimum absolute atomic E-state index is 0.0692. The molecule has 0 saturated heterocycles. The summed E-state index contributed by atoms with van der Waals surface area (Å²) in [5.41, 5.74) is 2.87. The lowest BCUT2D eigenvalue weighted by atomic mass is 9.90. The lowest BCUT2D eigenvalue weighted by Gasteiger charge is -2.18. The van der Waals surface area contributed by atoms with E-state index in [2.05, 4.69) is 0 Å². The van der Waals surface area contributed by atoms with E-state index in [1.165, 1.54) is 6.07 Å². The third kappa shape index (κ3) is 2.87. The molecule has 1 aliphatic carbocycles. The highest BCUT2D eigenvalue weighted by Gasteiger charge is 2.21. The maximum absolute atomic E-state index is 12.3. The van der Waals surface area contributed by atoms with Gasteiger partial charge in [0.25, 0.3) is 0 Å². The third-order valence-corrected chi connectivity index (χ3v) is 4.66. The fraction of sp³-hybridized carbons (Fsp3) is 0.300. The molecule has 3 aromatic rings. The van der Waals surface area contributed by atoms with Crippen molar-refractivity contribution < 1.29 is 23.5 Å². The number of fused-ring (bicyclic) bond motifs is 3. The van der Waals surface area contributed by atoms with Crippen LogP contribution >= 0.6 is 0 Å². The molecule has 0 unspecified atom stereocenters. The van der Waals surface area contributed by atoms with E-state index in [4.69, 9.17) is 13.6 Å².